The quantitative estimate of drug-likeness (QED) is 0.338. The molecular weight excluding hydrogens is 537 g/mol. The van der Waals surface area contributed by atoms with Gasteiger partial charge in [-0.2, -0.15) is 0 Å². The second-order valence-corrected chi connectivity index (χ2v) is 9.80. The predicted molar refractivity (Wildman–Crippen MR) is 139 cm³/mol. The minimum Gasteiger partial charge on any atom is -0.481 e. The summed E-state index contributed by atoms with van der Waals surface area (Å²) >= 11 is 9.78. The van der Waals surface area contributed by atoms with Gasteiger partial charge in [-0.1, -0.05) is 39.7 Å². The molecular formula is C26H24BrClFN3O3. The lowest BCUT2D eigenvalue weighted by atomic mass is 9.93. The number of carboxylic acids is 1. The topological polar surface area (TPSA) is 82.5 Å². The van der Waals surface area contributed by atoms with Gasteiger partial charge in [0.25, 0.3) is 5.91 Å². The number of fused-ring (bicyclic) bond motifs is 1. The number of carbonyl (C=O) groups excluding carboxylic acids is 1. The van der Waals surface area contributed by atoms with Gasteiger partial charge in [0, 0.05) is 52.4 Å². The summed E-state index contributed by atoms with van der Waals surface area (Å²) in [5.74, 6) is -1.49. The Morgan fingerprint density at radius 3 is 2.69 bits per heavy atom. The van der Waals surface area contributed by atoms with Gasteiger partial charge in [0.15, 0.2) is 0 Å². The molecule has 1 aromatic heterocycles. The zero-order chi connectivity index (χ0) is 25.1. The van der Waals surface area contributed by atoms with Crippen molar-refractivity contribution in [1.29, 1.82) is 0 Å². The molecule has 0 saturated carbocycles. The molecule has 0 spiro atoms. The van der Waals surface area contributed by atoms with Crippen molar-refractivity contribution < 1.29 is 19.1 Å². The zero-order valence-corrected chi connectivity index (χ0v) is 21.4. The Hall–Kier alpha value is -2.97. The van der Waals surface area contributed by atoms with Crippen LogP contribution in [0.5, 0.6) is 0 Å². The summed E-state index contributed by atoms with van der Waals surface area (Å²) in [5.41, 5.74) is 2.42. The molecule has 182 valence electrons. The zero-order valence-electron chi connectivity index (χ0n) is 19.0. The van der Waals surface area contributed by atoms with Crippen LogP contribution in [-0.2, 0) is 4.79 Å². The number of nitrogens with one attached hydrogen (secondary N) is 1. The van der Waals surface area contributed by atoms with Crippen LogP contribution in [0.4, 0.5) is 10.2 Å². The first-order valence-corrected chi connectivity index (χ1v) is 12.4. The van der Waals surface area contributed by atoms with Crippen LogP contribution in [0.1, 0.15) is 40.2 Å². The molecule has 0 fully saturated rings. The maximum Gasteiger partial charge on any atom is 0.303 e. The number of carbonyl (C=O) groups is 2. The van der Waals surface area contributed by atoms with Crippen LogP contribution in [0.25, 0.3) is 10.9 Å². The van der Waals surface area contributed by atoms with E-state index in [2.05, 4.69) is 38.3 Å². The largest absolute Gasteiger partial charge is 0.481 e. The molecule has 1 aliphatic heterocycles. The molecule has 1 aliphatic rings. The highest BCUT2D eigenvalue weighted by atomic mass is 79.9. The van der Waals surface area contributed by atoms with Crippen molar-refractivity contribution in [3.05, 3.63) is 80.6 Å². The lowest BCUT2D eigenvalue weighted by Crippen LogP contribution is -2.31. The van der Waals surface area contributed by atoms with E-state index < -0.39 is 17.7 Å². The Morgan fingerprint density at radius 2 is 1.97 bits per heavy atom. The lowest BCUT2D eigenvalue weighted by molar-refractivity contribution is -0.137. The van der Waals surface area contributed by atoms with Gasteiger partial charge in [-0.25, -0.2) is 9.37 Å². The average Bonchev–Trinajstić information content (AvgIpc) is 3.35. The van der Waals surface area contributed by atoms with Crippen LogP contribution in [0, 0.1) is 12.7 Å². The SMILES string of the molecule is Cc1c(N2CC=CC2)nc2ccc(Br)cc2c1C(=O)NCC(CCC(=O)O)c1cc(F)ccc1Cl. The lowest BCUT2D eigenvalue weighted by Gasteiger charge is -2.23. The average molecular weight is 561 g/mol. The van der Waals surface area contributed by atoms with E-state index >= 15 is 0 Å². The molecule has 6 nitrogen and oxygen atoms in total. The number of aliphatic carboxylic acids is 1. The van der Waals surface area contributed by atoms with E-state index in [0.29, 0.717) is 40.1 Å². The molecule has 2 heterocycles. The summed E-state index contributed by atoms with van der Waals surface area (Å²) in [4.78, 5) is 31.7. The van der Waals surface area contributed by atoms with Crippen molar-refractivity contribution >= 4 is 56.1 Å². The van der Waals surface area contributed by atoms with Crippen LogP contribution >= 0.6 is 27.5 Å². The normalized spacial score (nSPS) is 13.9. The van der Waals surface area contributed by atoms with Crippen molar-refractivity contribution in [3.63, 3.8) is 0 Å². The maximum atomic E-state index is 13.9. The summed E-state index contributed by atoms with van der Waals surface area (Å²) in [6.45, 7) is 3.41. The van der Waals surface area contributed by atoms with Gasteiger partial charge in [-0.05, 0) is 55.3 Å². The van der Waals surface area contributed by atoms with Crippen LogP contribution < -0.4 is 10.2 Å². The Morgan fingerprint density at radius 1 is 1.23 bits per heavy atom. The number of amides is 1. The molecule has 3 aromatic rings. The van der Waals surface area contributed by atoms with E-state index in [1.54, 1.807) is 0 Å². The minimum absolute atomic E-state index is 0.104. The predicted octanol–water partition coefficient (Wildman–Crippen LogP) is 5.85. The number of hydrogen-bond acceptors (Lipinski definition) is 4. The molecule has 35 heavy (non-hydrogen) atoms. The van der Waals surface area contributed by atoms with Crippen molar-refractivity contribution in [2.75, 3.05) is 24.5 Å². The first-order valence-electron chi connectivity index (χ1n) is 11.2. The van der Waals surface area contributed by atoms with Gasteiger partial charge in [0.1, 0.15) is 11.6 Å². The number of anilines is 1. The highest BCUT2D eigenvalue weighted by Crippen LogP contribution is 2.32. The molecule has 0 radical (unpaired) electrons. The van der Waals surface area contributed by atoms with E-state index in [9.17, 15) is 19.1 Å². The summed E-state index contributed by atoms with van der Waals surface area (Å²) in [7, 11) is 0. The third-order valence-electron chi connectivity index (χ3n) is 6.12. The number of nitrogens with zero attached hydrogens (tertiary/aromatic N) is 2. The number of benzene rings is 2. The van der Waals surface area contributed by atoms with E-state index in [0.717, 1.165) is 15.9 Å². The smallest absolute Gasteiger partial charge is 0.303 e. The fourth-order valence-electron chi connectivity index (χ4n) is 4.37. The van der Waals surface area contributed by atoms with Crippen molar-refractivity contribution in [1.82, 2.24) is 10.3 Å². The molecule has 0 aliphatic carbocycles. The van der Waals surface area contributed by atoms with E-state index in [-0.39, 0.29) is 25.3 Å². The molecule has 4 rings (SSSR count). The van der Waals surface area contributed by atoms with Crippen LogP contribution in [-0.4, -0.2) is 41.6 Å². The Kier molecular flexibility index (Phi) is 7.72. The van der Waals surface area contributed by atoms with E-state index in [1.165, 1.54) is 18.2 Å². The molecule has 0 saturated heterocycles. The Balaban J connectivity index is 1.68. The van der Waals surface area contributed by atoms with Gasteiger partial charge in [-0.15, -0.1) is 0 Å². The van der Waals surface area contributed by atoms with Gasteiger partial charge in [0.2, 0.25) is 0 Å². The molecule has 2 aromatic carbocycles. The van der Waals surface area contributed by atoms with Gasteiger partial charge in [-0.3, -0.25) is 9.59 Å². The summed E-state index contributed by atoms with van der Waals surface area (Å²) in [5, 5.41) is 13.2. The van der Waals surface area contributed by atoms with Gasteiger partial charge < -0.3 is 15.3 Å². The molecule has 1 atom stereocenters. The third kappa shape index (κ3) is 5.65. The molecule has 0 bridgehead atoms. The van der Waals surface area contributed by atoms with Crippen LogP contribution in [0.15, 0.2) is 53.0 Å². The first kappa shape index (κ1) is 25.1. The van der Waals surface area contributed by atoms with Crippen LogP contribution in [0.3, 0.4) is 0 Å². The maximum absolute atomic E-state index is 13.9. The highest BCUT2D eigenvalue weighted by Gasteiger charge is 2.24. The van der Waals surface area contributed by atoms with Crippen molar-refractivity contribution in [3.8, 4) is 0 Å². The third-order valence-corrected chi connectivity index (χ3v) is 6.96. The second kappa shape index (κ2) is 10.7. The number of carboxylic acid groups (broad SMARTS) is 1. The summed E-state index contributed by atoms with van der Waals surface area (Å²) in [6.07, 6.45) is 4.18. The number of aromatic nitrogens is 1. The summed E-state index contributed by atoms with van der Waals surface area (Å²) < 4.78 is 14.8. The van der Waals surface area contributed by atoms with Gasteiger partial charge in [0.05, 0.1) is 11.1 Å². The monoisotopic (exact) mass is 559 g/mol. The first-order chi connectivity index (χ1) is 16.7. The van der Waals surface area contributed by atoms with Crippen LogP contribution in [0.2, 0.25) is 5.02 Å². The number of hydrogen-bond donors (Lipinski definition) is 2. The van der Waals surface area contributed by atoms with Crippen molar-refractivity contribution in [2.45, 2.75) is 25.7 Å². The molecule has 1 amide bonds. The standard InChI is InChI=1S/C26H24BrClFN3O3/c1-15-24(20-12-17(27)5-8-22(20)31-25(15)32-10-2-3-11-32)26(35)30-14-16(4-9-23(33)34)19-13-18(29)6-7-21(19)28/h2-3,5-8,12-13,16H,4,9-11,14H2,1H3,(H,30,35)(H,33,34). The molecule has 1 unspecified atom stereocenters. The number of rotatable bonds is 8. The Bertz CT molecular complexity index is 1320. The number of halogens is 3. The molecule has 9 heteroatoms. The fraction of sp³-hybridized carbons (Fsp3) is 0.269. The van der Waals surface area contributed by atoms with Crippen molar-refractivity contribution in [2.24, 2.45) is 0 Å². The minimum atomic E-state index is -0.974. The number of pyridine rings is 1. The highest BCUT2D eigenvalue weighted by molar-refractivity contribution is 9.10. The second-order valence-electron chi connectivity index (χ2n) is 8.48. The van der Waals surface area contributed by atoms with Gasteiger partial charge >= 0.3 is 5.97 Å². The fourth-order valence-corrected chi connectivity index (χ4v) is 5.00. The Labute approximate surface area is 215 Å². The molecule has 2 N–H and O–H groups in total. The van der Waals surface area contributed by atoms with E-state index in [1.807, 2.05) is 25.1 Å². The summed E-state index contributed by atoms with van der Waals surface area (Å²) in [6, 6.07) is 9.59. The van der Waals surface area contributed by atoms with E-state index in [4.69, 9.17) is 16.6 Å².